The molecule has 1 fully saturated rings. The molecule has 0 spiro atoms. The lowest BCUT2D eigenvalue weighted by atomic mass is 9.89. The number of nitrogens with zero attached hydrogens (tertiary/aromatic N) is 1. The van der Waals surface area contributed by atoms with Gasteiger partial charge < -0.3 is 20.3 Å². The fraction of sp³-hybridized carbons (Fsp3) is 0.438. The largest absolute Gasteiger partial charge is 0.397 e. The molecule has 112 valence electrons. The van der Waals surface area contributed by atoms with Gasteiger partial charge in [-0.3, -0.25) is 0 Å². The quantitative estimate of drug-likeness (QED) is 0.845. The smallest absolute Gasteiger partial charge is 0.141 e. The van der Waals surface area contributed by atoms with Crippen molar-refractivity contribution < 1.29 is 9.26 Å². The first-order valence-corrected chi connectivity index (χ1v) is 7.20. The van der Waals surface area contributed by atoms with Crippen molar-refractivity contribution >= 4 is 11.4 Å². The summed E-state index contributed by atoms with van der Waals surface area (Å²) in [6, 6.07) is 6.50. The summed E-state index contributed by atoms with van der Waals surface area (Å²) in [6.07, 6.45) is 2.44. The summed E-state index contributed by atoms with van der Waals surface area (Å²) in [5, 5.41) is 7.46. The van der Waals surface area contributed by atoms with Gasteiger partial charge in [0.15, 0.2) is 0 Å². The van der Waals surface area contributed by atoms with E-state index in [-0.39, 0.29) is 0 Å². The molecular weight excluding hydrogens is 266 g/mol. The molecule has 1 aliphatic rings. The molecule has 0 unspecified atom stereocenters. The van der Waals surface area contributed by atoms with Gasteiger partial charge in [0.25, 0.3) is 0 Å². The molecule has 0 aliphatic heterocycles. The lowest BCUT2D eigenvalue weighted by Gasteiger charge is -2.35. The van der Waals surface area contributed by atoms with Crippen molar-refractivity contribution in [2.24, 2.45) is 0 Å². The predicted octanol–water partition coefficient (Wildman–Crippen LogP) is 3.13. The van der Waals surface area contributed by atoms with E-state index in [1.54, 1.807) is 7.11 Å². The van der Waals surface area contributed by atoms with Gasteiger partial charge in [0.2, 0.25) is 0 Å². The summed E-state index contributed by atoms with van der Waals surface area (Å²) in [6.45, 7) is 3.85. The molecule has 3 rings (SSSR count). The number of aryl methyl sites for hydroxylation is 2. The maximum absolute atomic E-state index is 6.18. The second-order valence-corrected chi connectivity index (χ2v) is 5.67. The Morgan fingerprint density at radius 1 is 1.33 bits per heavy atom. The van der Waals surface area contributed by atoms with Crippen LogP contribution in [-0.2, 0) is 4.74 Å². The zero-order valence-corrected chi connectivity index (χ0v) is 12.6. The normalized spacial score (nSPS) is 21.1. The SMILES string of the molecule is CO[C@H]1C[C@H](Nc2ccc(-c3c(C)noc3C)cc2N)C1. The van der Waals surface area contributed by atoms with Crippen LogP contribution in [0.15, 0.2) is 22.7 Å². The van der Waals surface area contributed by atoms with Crippen molar-refractivity contribution in [3.63, 3.8) is 0 Å². The van der Waals surface area contributed by atoms with Crippen LogP contribution in [0.1, 0.15) is 24.3 Å². The zero-order chi connectivity index (χ0) is 15.0. The zero-order valence-electron chi connectivity index (χ0n) is 12.6. The second-order valence-electron chi connectivity index (χ2n) is 5.67. The highest BCUT2D eigenvalue weighted by atomic mass is 16.5. The molecule has 5 heteroatoms. The van der Waals surface area contributed by atoms with E-state index >= 15 is 0 Å². The minimum absolute atomic E-state index is 0.380. The van der Waals surface area contributed by atoms with E-state index < -0.39 is 0 Å². The number of nitrogens with one attached hydrogen (secondary N) is 1. The lowest BCUT2D eigenvalue weighted by molar-refractivity contribution is 0.0329. The van der Waals surface area contributed by atoms with Gasteiger partial charge in [0, 0.05) is 18.7 Å². The van der Waals surface area contributed by atoms with Crippen molar-refractivity contribution in [3.8, 4) is 11.1 Å². The first-order chi connectivity index (χ1) is 10.1. The van der Waals surface area contributed by atoms with Crippen molar-refractivity contribution in [2.75, 3.05) is 18.2 Å². The Hall–Kier alpha value is -2.01. The Bertz CT molecular complexity index is 625. The van der Waals surface area contributed by atoms with Crippen LogP contribution in [0.4, 0.5) is 11.4 Å². The molecule has 1 heterocycles. The van der Waals surface area contributed by atoms with Gasteiger partial charge in [0.1, 0.15) is 5.76 Å². The average Bonchev–Trinajstić information content (AvgIpc) is 2.74. The number of nitrogen functional groups attached to an aromatic ring is 1. The van der Waals surface area contributed by atoms with Crippen LogP contribution < -0.4 is 11.1 Å². The highest BCUT2D eigenvalue weighted by molar-refractivity contribution is 5.77. The van der Waals surface area contributed by atoms with E-state index in [1.807, 2.05) is 26.0 Å². The fourth-order valence-corrected chi connectivity index (χ4v) is 2.84. The third kappa shape index (κ3) is 2.61. The highest BCUT2D eigenvalue weighted by Crippen LogP contribution is 2.33. The van der Waals surface area contributed by atoms with E-state index in [0.29, 0.717) is 12.1 Å². The molecular formula is C16H21N3O2. The van der Waals surface area contributed by atoms with Gasteiger partial charge in [-0.25, -0.2) is 0 Å². The molecule has 0 amide bonds. The Balaban J connectivity index is 1.77. The molecule has 1 saturated carbocycles. The number of rotatable bonds is 4. The number of hydrogen-bond donors (Lipinski definition) is 2. The van der Waals surface area contributed by atoms with Crippen LogP contribution in [0.3, 0.4) is 0 Å². The van der Waals surface area contributed by atoms with Crippen molar-refractivity contribution in [2.45, 2.75) is 38.8 Å². The van der Waals surface area contributed by atoms with Gasteiger partial charge in [-0.05, 0) is 44.4 Å². The third-order valence-corrected chi connectivity index (χ3v) is 4.16. The topological polar surface area (TPSA) is 73.3 Å². The summed E-state index contributed by atoms with van der Waals surface area (Å²) in [4.78, 5) is 0. The minimum Gasteiger partial charge on any atom is -0.397 e. The highest BCUT2D eigenvalue weighted by Gasteiger charge is 2.29. The van der Waals surface area contributed by atoms with E-state index in [1.165, 1.54) is 0 Å². The van der Waals surface area contributed by atoms with Gasteiger partial charge in [-0.15, -0.1) is 0 Å². The summed E-state index contributed by atoms with van der Waals surface area (Å²) in [7, 11) is 1.76. The molecule has 2 aromatic rings. The summed E-state index contributed by atoms with van der Waals surface area (Å²) >= 11 is 0. The number of anilines is 2. The Morgan fingerprint density at radius 2 is 2.10 bits per heavy atom. The summed E-state index contributed by atoms with van der Waals surface area (Å²) in [5.41, 5.74) is 10.8. The molecule has 0 radical (unpaired) electrons. The Kier molecular flexibility index (Phi) is 3.59. The maximum atomic E-state index is 6.18. The fourth-order valence-electron chi connectivity index (χ4n) is 2.84. The van der Waals surface area contributed by atoms with Gasteiger partial charge in [-0.2, -0.15) is 0 Å². The maximum Gasteiger partial charge on any atom is 0.141 e. The number of nitrogens with two attached hydrogens (primary N) is 1. The molecule has 21 heavy (non-hydrogen) atoms. The summed E-state index contributed by atoms with van der Waals surface area (Å²) in [5.74, 6) is 0.814. The molecule has 1 aromatic heterocycles. The minimum atomic E-state index is 0.380. The van der Waals surface area contributed by atoms with E-state index in [2.05, 4.69) is 16.5 Å². The van der Waals surface area contributed by atoms with Crippen LogP contribution in [0, 0.1) is 13.8 Å². The van der Waals surface area contributed by atoms with Crippen molar-refractivity contribution in [1.82, 2.24) is 5.16 Å². The molecule has 0 saturated heterocycles. The third-order valence-electron chi connectivity index (χ3n) is 4.16. The predicted molar refractivity (Wildman–Crippen MR) is 83.3 cm³/mol. The monoisotopic (exact) mass is 287 g/mol. The number of aromatic nitrogens is 1. The first-order valence-electron chi connectivity index (χ1n) is 7.20. The lowest BCUT2D eigenvalue weighted by Crippen LogP contribution is -2.40. The number of methoxy groups -OCH3 is 1. The molecule has 0 bridgehead atoms. The van der Waals surface area contributed by atoms with Crippen LogP contribution in [0.25, 0.3) is 11.1 Å². The second kappa shape index (κ2) is 5.41. The number of benzene rings is 1. The molecule has 5 nitrogen and oxygen atoms in total. The molecule has 3 N–H and O–H groups in total. The van der Waals surface area contributed by atoms with Gasteiger partial charge >= 0.3 is 0 Å². The van der Waals surface area contributed by atoms with E-state index in [4.69, 9.17) is 15.0 Å². The van der Waals surface area contributed by atoms with E-state index in [0.717, 1.165) is 46.8 Å². The number of ether oxygens (including phenoxy) is 1. The van der Waals surface area contributed by atoms with Crippen LogP contribution >= 0.6 is 0 Å². The van der Waals surface area contributed by atoms with E-state index in [9.17, 15) is 0 Å². The van der Waals surface area contributed by atoms with Crippen molar-refractivity contribution in [3.05, 3.63) is 29.7 Å². The first kappa shape index (κ1) is 13.9. The van der Waals surface area contributed by atoms with Crippen LogP contribution in [-0.4, -0.2) is 24.4 Å². The van der Waals surface area contributed by atoms with Gasteiger partial charge in [-0.1, -0.05) is 11.2 Å². The van der Waals surface area contributed by atoms with Gasteiger partial charge in [0.05, 0.1) is 23.2 Å². The average molecular weight is 287 g/mol. The Morgan fingerprint density at radius 3 is 2.67 bits per heavy atom. The van der Waals surface area contributed by atoms with Crippen LogP contribution in [0.5, 0.6) is 0 Å². The standard InChI is InChI=1S/C16H21N3O2/c1-9-16(10(2)21-19-9)11-4-5-15(14(17)6-11)18-12-7-13(8-12)20-3/h4-6,12-13,18H,7-8,17H2,1-3H3/t12-,13-. The summed E-state index contributed by atoms with van der Waals surface area (Å²) < 4.78 is 10.5. The molecule has 1 aliphatic carbocycles. The number of hydrogen-bond acceptors (Lipinski definition) is 5. The molecule has 0 atom stereocenters. The molecule has 1 aromatic carbocycles. The Labute approximate surface area is 124 Å². The van der Waals surface area contributed by atoms with Crippen molar-refractivity contribution in [1.29, 1.82) is 0 Å². The van der Waals surface area contributed by atoms with Crippen LogP contribution in [0.2, 0.25) is 0 Å².